The normalized spacial score (nSPS) is 11.4. The van der Waals surface area contributed by atoms with Gasteiger partial charge in [0.25, 0.3) is 0 Å². The molecular weight excluding hydrogens is 256 g/mol. The van der Waals surface area contributed by atoms with E-state index < -0.39 is 0 Å². The zero-order valence-corrected chi connectivity index (χ0v) is 13.7. The number of benzene rings is 1. The number of aryl methyl sites for hydroxylation is 2. The molecule has 2 heteroatoms. The van der Waals surface area contributed by atoms with Crippen molar-refractivity contribution in [2.24, 2.45) is 4.99 Å². The van der Waals surface area contributed by atoms with E-state index in [1.165, 1.54) is 35.4 Å². The largest absolute Gasteiger partial charge is 0.349 e. The van der Waals surface area contributed by atoms with Crippen molar-refractivity contribution in [3.63, 3.8) is 0 Å². The first-order valence-electron chi connectivity index (χ1n) is 7.95. The fourth-order valence-electron chi connectivity index (χ4n) is 2.72. The van der Waals surface area contributed by atoms with Crippen LogP contribution in [0, 0.1) is 13.8 Å². The van der Waals surface area contributed by atoms with Gasteiger partial charge >= 0.3 is 0 Å². The fourth-order valence-corrected chi connectivity index (χ4v) is 2.72. The Labute approximate surface area is 128 Å². The third-order valence-electron chi connectivity index (χ3n) is 4.04. The third-order valence-corrected chi connectivity index (χ3v) is 4.04. The molecule has 1 aromatic heterocycles. The maximum Gasteiger partial charge on any atom is 0.0630 e. The van der Waals surface area contributed by atoms with Crippen LogP contribution in [0.2, 0.25) is 0 Å². The minimum atomic E-state index is 1.01. The van der Waals surface area contributed by atoms with Crippen molar-refractivity contribution in [3.05, 3.63) is 52.8 Å². The molecule has 21 heavy (non-hydrogen) atoms. The van der Waals surface area contributed by atoms with Crippen LogP contribution in [-0.4, -0.2) is 10.8 Å². The third kappa shape index (κ3) is 3.84. The Kier molecular flexibility index (Phi) is 5.38. The van der Waals surface area contributed by atoms with Gasteiger partial charge < -0.3 is 4.57 Å². The molecule has 2 rings (SSSR count). The molecule has 0 spiro atoms. The first-order chi connectivity index (χ1) is 10.2. The molecular formula is C19H26N2. The van der Waals surface area contributed by atoms with Gasteiger partial charge in [0, 0.05) is 29.7 Å². The quantitative estimate of drug-likeness (QED) is 0.646. The van der Waals surface area contributed by atoms with Crippen molar-refractivity contribution in [3.8, 4) is 0 Å². The second-order valence-corrected chi connectivity index (χ2v) is 5.60. The smallest absolute Gasteiger partial charge is 0.0630 e. The van der Waals surface area contributed by atoms with Crippen molar-refractivity contribution < 1.29 is 0 Å². The van der Waals surface area contributed by atoms with Crippen LogP contribution in [0.4, 0.5) is 5.69 Å². The SMILES string of the molecule is CCCCc1ccc(N=Cc2cc(C)n(CC)c2C)cc1. The number of nitrogens with zero attached hydrogens (tertiary/aromatic N) is 2. The van der Waals surface area contributed by atoms with E-state index in [1.54, 1.807) is 0 Å². The molecule has 0 amide bonds. The van der Waals surface area contributed by atoms with Gasteiger partial charge in [-0.05, 0) is 57.4 Å². The van der Waals surface area contributed by atoms with Crippen LogP contribution in [0.25, 0.3) is 0 Å². The van der Waals surface area contributed by atoms with Gasteiger partial charge in [0.05, 0.1) is 5.69 Å². The van der Waals surface area contributed by atoms with E-state index in [0.717, 1.165) is 18.7 Å². The van der Waals surface area contributed by atoms with E-state index in [4.69, 9.17) is 0 Å². The Morgan fingerprint density at radius 2 is 1.81 bits per heavy atom. The lowest BCUT2D eigenvalue weighted by atomic mass is 10.1. The summed E-state index contributed by atoms with van der Waals surface area (Å²) in [5.41, 5.74) is 6.23. The molecule has 0 radical (unpaired) electrons. The standard InChI is InChI=1S/C19H26N2/c1-5-7-8-17-9-11-19(12-10-17)20-14-18-13-15(3)21(6-2)16(18)4/h9-14H,5-8H2,1-4H3. The molecule has 1 heterocycles. The monoisotopic (exact) mass is 282 g/mol. The highest BCUT2D eigenvalue weighted by molar-refractivity contribution is 5.83. The summed E-state index contributed by atoms with van der Waals surface area (Å²) in [6, 6.07) is 10.8. The van der Waals surface area contributed by atoms with Gasteiger partial charge in [-0.15, -0.1) is 0 Å². The second-order valence-electron chi connectivity index (χ2n) is 5.60. The maximum atomic E-state index is 4.61. The van der Waals surface area contributed by atoms with Crippen LogP contribution in [0.1, 0.15) is 49.2 Å². The lowest BCUT2D eigenvalue weighted by Gasteiger charge is -2.04. The van der Waals surface area contributed by atoms with Crippen LogP contribution < -0.4 is 0 Å². The summed E-state index contributed by atoms with van der Waals surface area (Å²) in [4.78, 5) is 4.61. The van der Waals surface area contributed by atoms with Gasteiger partial charge in [-0.3, -0.25) is 4.99 Å². The molecule has 0 saturated carbocycles. The molecule has 0 bridgehead atoms. The molecule has 0 aliphatic heterocycles. The number of unbranched alkanes of at least 4 members (excludes halogenated alkanes) is 1. The van der Waals surface area contributed by atoms with Gasteiger partial charge in [0.1, 0.15) is 0 Å². The predicted molar refractivity (Wildman–Crippen MR) is 91.9 cm³/mol. The molecule has 2 aromatic rings. The van der Waals surface area contributed by atoms with Crippen LogP contribution in [-0.2, 0) is 13.0 Å². The molecule has 0 fully saturated rings. The number of hydrogen-bond donors (Lipinski definition) is 0. The van der Waals surface area contributed by atoms with Gasteiger partial charge in [-0.1, -0.05) is 25.5 Å². The zero-order chi connectivity index (χ0) is 15.2. The van der Waals surface area contributed by atoms with Crippen LogP contribution in [0.5, 0.6) is 0 Å². The van der Waals surface area contributed by atoms with Gasteiger partial charge in [0.2, 0.25) is 0 Å². The first kappa shape index (κ1) is 15.6. The van der Waals surface area contributed by atoms with Crippen molar-refractivity contribution in [1.29, 1.82) is 0 Å². The van der Waals surface area contributed by atoms with Crippen molar-refractivity contribution in [2.45, 2.75) is 53.5 Å². The minimum Gasteiger partial charge on any atom is -0.349 e. The highest BCUT2D eigenvalue weighted by atomic mass is 15.0. The highest BCUT2D eigenvalue weighted by Crippen LogP contribution is 2.17. The van der Waals surface area contributed by atoms with Gasteiger partial charge in [-0.25, -0.2) is 0 Å². The Morgan fingerprint density at radius 1 is 1.10 bits per heavy atom. The number of aliphatic imine (C=N–C) groups is 1. The van der Waals surface area contributed by atoms with Gasteiger partial charge in [0.15, 0.2) is 0 Å². The van der Waals surface area contributed by atoms with Crippen LogP contribution in [0.15, 0.2) is 35.3 Å². The van der Waals surface area contributed by atoms with Crippen LogP contribution >= 0.6 is 0 Å². The van der Waals surface area contributed by atoms with Gasteiger partial charge in [-0.2, -0.15) is 0 Å². The lowest BCUT2D eigenvalue weighted by Crippen LogP contribution is -1.99. The fraction of sp³-hybridized carbons (Fsp3) is 0.421. The van der Waals surface area contributed by atoms with Crippen molar-refractivity contribution in [2.75, 3.05) is 0 Å². The molecule has 1 aromatic carbocycles. The number of aromatic nitrogens is 1. The molecule has 0 N–H and O–H groups in total. The molecule has 0 saturated heterocycles. The molecule has 2 nitrogen and oxygen atoms in total. The van der Waals surface area contributed by atoms with Crippen LogP contribution in [0.3, 0.4) is 0 Å². The average Bonchev–Trinajstić information content (AvgIpc) is 2.77. The topological polar surface area (TPSA) is 17.3 Å². The first-order valence-corrected chi connectivity index (χ1v) is 7.95. The lowest BCUT2D eigenvalue weighted by molar-refractivity contribution is 0.718. The summed E-state index contributed by atoms with van der Waals surface area (Å²) in [5.74, 6) is 0. The molecule has 0 atom stereocenters. The zero-order valence-electron chi connectivity index (χ0n) is 13.7. The Morgan fingerprint density at radius 3 is 2.38 bits per heavy atom. The van der Waals surface area contributed by atoms with E-state index >= 15 is 0 Å². The highest BCUT2D eigenvalue weighted by Gasteiger charge is 2.05. The summed E-state index contributed by atoms with van der Waals surface area (Å²) in [6.07, 6.45) is 5.65. The van der Waals surface area contributed by atoms with E-state index in [0.29, 0.717) is 0 Å². The average molecular weight is 282 g/mol. The predicted octanol–water partition coefficient (Wildman–Crippen LogP) is 5.22. The Bertz CT molecular complexity index is 603. The second kappa shape index (κ2) is 7.26. The molecule has 112 valence electrons. The van der Waals surface area contributed by atoms with E-state index in [9.17, 15) is 0 Å². The summed E-state index contributed by atoms with van der Waals surface area (Å²) >= 11 is 0. The summed E-state index contributed by atoms with van der Waals surface area (Å²) in [6.45, 7) is 9.72. The minimum absolute atomic E-state index is 1.01. The summed E-state index contributed by atoms with van der Waals surface area (Å²) in [7, 11) is 0. The van der Waals surface area contributed by atoms with E-state index in [-0.39, 0.29) is 0 Å². The molecule has 0 unspecified atom stereocenters. The summed E-state index contributed by atoms with van der Waals surface area (Å²) < 4.78 is 2.31. The Balaban J connectivity index is 2.10. The molecule has 0 aliphatic rings. The van der Waals surface area contributed by atoms with Crippen molar-refractivity contribution in [1.82, 2.24) is 4.57 Å². The van der Waals surface area contributed by atoms with E-state index in [1.807, 2.05) is 6.21 Å². The Hall–Kier alpha value is -1.83. The number of hydrogen-bond acceptors (Lipinski definition) is 1. The van der Waals surface area contributed by atoms with Crippen molar-refractivity contribution >= 4 is 11.9 Å². The number of rotatable bonds is 6. The molecule has 0 aliphatic carbocycles. The van der Waals surface area contributed by atoms with E-state index in [2.05, 4.69) is 67.6 Å². The maximum absolute atomic E-state index is 4.61. The summed E-state index contributed by atoms with van der Waals surface area (Å²) in [5, 5.41) is 0.